The van der Waals surface area contributed by atoms with E-state index in [-0.39, 0.29) is 36.2 Å². The summed E-state index contributed by atoms with van der Waals surface area (Å²) in [7, 11) is 5.51. The van der Waals surface area contributed by atoms with Crippen molar-refractivity contribution in [3.63, 3.8) is 0 Å². The first kappa shape index (κ1) is 57.2. The molecule has 8 nitrogen and oxygen atoms in total. The largest absolute Gasteiger partial charge is 0.477 e. The van der Waals surface area contributed by atoms with Crippen LogP contribution < -0.4 is 0 Å². The van der Waals surface area contributed by atoms with Crippen molar-refractivity contribution in [2.75, 3.05) is 41.0 Å². The molecule has 8 heteroatoms. The maximum Gasteiger partial charge on any atom is 0.362 e. The number of hydrogen-bond donors (Lipinski definition) is 1. The Balaban J connectivity index is 4.32. The molecule has 0 saturated carbocycles. The molecule has 346 valence electrons. The van der Waals surface area contributed by atoms with E-state index in [1.807, 2.05) is 51.5 Å². The summed E-state index contributed by atoms with van der Waals surface area (Å²) in [5.74, 6) is -1.52. The number of ether oxygens (including phenoxy) is 3. The number of hydrogen-bond acceptors (Lipinski definition) is 6. The number of carboxylic acids is 1. The number of allylic oxidation sites excluding steroid dienone is 16. The molecule has 0 aliphatic heterocycles. The van der Waals surface area contributed by atoms with Crippen LogP contribution >= 0.6 is 0 Å². The highest BCUT2D eigenvalue weighted by Crippen LogP contribution is 2.14. The highest BCUT2D eigenvalue weighted by molar-refractivity contribution is 5.72. The molecule has 0 fully saturated rings. The number of carbonyl (C=O) groups excluding carboxylic acids is 2. The maximum atomic E-state index is 12.7. The molecule has 0 saturated heterocycles. The molecule has 61 heavy (non-hydrogen) atoms. The summed E-state index contributed by atoms with van der Waals surface area (Å²) in [4.78, 5) is 37.1. The average molecular weight is 851 g/mol. The van der Waals surface area contributed by atoms with Crippen LogP contribution in [0.4, 0.5) is 0 Å². The summed E-state index contributed by atoms with van der Waals surface area (Å²) in [6.07, 6.45) is 57.4. The monoisotopic (exact) mass is 851 g/mol. The van der Waals surface area contributed by atoms with Crippen molar-refractivity contribution in [3.05, 3.63) is 97.2 Å². The zero-order chi connectivity index (χ0) is 44.9. The first-order valence-electron chi connectivity index (χ1n) is 23.8. The van der Waals surface area contributed by atoms with E-state index in [0.717, 1.165) is 96.3 Å². The summed E-state index contributed by atoms with van der Waals surface area (Å²) in [6.45, 7) is 4.44. The van der Waals surface area contributed by atoms with Crippen molar-refractivity contribution in [2.24, 2.45) is 0 Å². The quantitative estimate of drug-likeness (QED) is 0.0215. The standard InChI is InChI=1S/C53H87NO7/c1-6-8-10-12-14-16-18-20-22-23-24-25-26-27-28-30-31-33-35-37-39-41-43-51(55)60-48-49(47-59-46-45-50(53(57)58)54(3,4)5)61-52(56)44-42-40-38-36-34-32-29-21-19-17-15-13-11-9-7-2/h8-11,13-17,19-22,24-25,29,49-50H,6-7,12,18,23,26-28,30-48H2,1-5H3/p+1/b10-8+,11-9+,15-13+,16-14+,19-17+,22-20+,25-24+,29-21+. The lowest BCUT2D eigenvalue weighted by Crippen LogP contribution is -2.50. The highest BCUT2D eigenvalue weighted by Gasteiger charge is 2.31. The number of unbranched alkanes of at least 4 members (excludes halogenated alkanes) is 14. The Morgan fingerprint density at radius 3 is 1.48 bits per heavy atom. The lowest BCUT2D eigenvalue weighted by molar-refractivity contribution is -0.887. The third-order valence-electron chi connectivity index (χ3n) is 10.1. The molecule has 1 N–H and O–H groups in total. The second-order valence-corrected chi connectivity index (χ2v) is 16.7. The second-order valence-electron chi connectivity index (χ2n) is 16.7. The van der Waals surface area contributed by atoms with Gasteiger partial charge in [0.2, 0.25) is 0 Å². The van der Waals surface area contributed by atoms with Crippen molar-refractivity contribution in [3.8, 4) is 0 Å². The van der Waals surface area contributed by atoms with Crippen molar-refractivity contribution in [1.29, 1.82) is 0 Å². The van der Waals surface area contributed by atoms with Crippen LogP contribution in [0.5, 0.6) is 0 Å². The van der Waals surface area contributed by atoms with Crippen LogP contribution in [0.15, 0.2) is 97.2 Å². The van der Waals surface area contributed by atoms with Gasteiger partial charge >= 0.3 is 17.9 Å². The van der Waals surface area contributed by atoms with Gasteiger partial charge < -0.3 is 23.8 Å². The Labute approximate surface area is 373 Å². The molecule has 0 amide bonds. The van der Waals surface area contributed by atoms with E-state index in [2.05, 4.69) is 80.7 Å². The van der Waals surface area contributed by atoms with E-state index in [1.54, 1.807) is 0 Å². The minimum atomic E-state index is -0.884. The number of nitrogens with zero attached hydrogens (tertiary/aromatic N) is 1. The molecule has 0 bridgehead atoms. The average Bonchev–Trinajstić information content (AvgIpc) is 3.22. The number of likely N-dealkylation sites (N-methyl/N-ethyl adjacent to an activating group) is 1. The van der Waals surface area contributed by atoms with Crippen LogP contribution in [0.3, 0.4) is 0 Å². The Bertz CT molecular complexity index is 1310. The zero-order valence-corrected chi connectivity index (χ0v) is 39.3. The topological polar surface area (TPSA) is 99.1 Å². The van der Waals surface area contributed by atoms with Gasteiger partial charge in [-0.15, -0.1) is 0 Å². The lowest BCUT2D eigenvalue weighted by atomic mass is 10.1. The predicted octanol–water partition coefficient (Wildman–Crippen LogP) is 13.5. The van der Waals surface area contributed by atoms with Crippen LogP contribution in [-0.2, 0) is 28.6 Å². The van der Waals surface area contributed by atoms with Crippen LogP contribution in [0.1, 0.15) is 168 Å². The molecular formula is C53H88NO7+. The van der Waals surface area contributed by atoms with Gasteiger partial charge in [0.1, 0.15) is 6.61 Å². The molecule has 0 aliphatic carbocycles. The van der Waals surface area contributed by atoms with Crippen molar-refractivity contribution in [2.45, 2.75) is 180 Å². The van der Waals surface area contributed by atoms with E-state index in [1.165, 1.54) is 38.5 Å². The van der Waals surface area contributed by atoms with E-state index < -0.39 is 18.1 Å². The zero-order valence-electron chi connectivity index (χ0n) is 39.3. The molecule has 2 unspecified atom stereocenters. The first-order chi connectivity index (χ1) is 29.6. The molecule has 0 aliphatic rings. The summed E-state index contributed by atoms with van der Waals surface area (Å²) in [5.41, 5.74) is 0. The van der Waals surface area contributed by atoms with Crippen molar-refractivity contribution < 1.29 is 38.2 Å². The summed E-state index contributed by atoms with van der Waals surface area (Å²) in [5, 5.41) is 9.64. The van der Waals surface area contributed by atoms with Gasteiger partial charge in [0.15, 0.2) is 12.1 Å². The molecule has 0 aromatic rings. The fourth-order valence-corrected chi connectivity index (χ4v) is 6.45. The van der Waals surface area contributed by atoms with Gasteiger partial charge in [0.25, 0.3) is 0 Å². The minimum absolute atomic E-state index is 0.0435. The predicted molar refractivity (Wildman–Crippen MR) is 256 cm³/mol. The molecular weight excluding hydrogens is 763 g/mol. The molecule has 0 rings (SSSR count). The summed E-state index contributed by atoms with van der Waals surface area (Å²) < 4.78 is 17.3. The van der Waals surface area contributed by atoms with Crippen LogP contribution in [0.2, 0.25) is 0 Å². The van der Waals surface area contributed by atoms with E-state index in [9.17, 15) is 19.5 Å². The molecule has 0 aromatic heterocycles. The number of quaternary nitrogens is 1. The van der Waals surface area contributed by atoms with Gasteiger partial charge in [-0.25, -0.2) is 4.79 Å². The molecule has 2 atom stereocenters. The van der Waals surface area contributed by atoms with Gasteiger partial charge in [0.05, 0.1) is 34.4 Å². The Kier molecular flexibility index (Phi) is 40.3. The third-order valence-corrected chi connectivity index (χ3v) is 10.1. The smallest absolute Gasteiger partial charge is 0.362 e. The number of esters is 2. The normalized spacial score (nSPS) is 13.8. The second kappa shape index (κ2) is 42.9. The SMILES string of the molecule is CC/C=C/C=C/C=C/C=C/CCCCCCCC(=O)OC(COCCC(C(=O)O)[N+](C)(C)C)COC(=O)CCCCCCCCCCC/C=C/C/C=C/C/C=C/C/C=C/CC. The van der Waals surface area contributed by atoms with Gasteiger partial charge in [-0.3, -0.25) is 9.59 Å². The number of carbonyl (C=O) groups is 3. The molecule has 0 aromatic carbocycles. The molecule has 0 heterocycles. The fraction of sp³-hybridized carbons (Fsp3) is 0.642. The minimum Gasteiger partial charge on any atom is -0.477 e. The van der Waals surface area contributed by atoms with E-state index >= 15 is 0 Å². The van der Waals surface area contributed by atoms with Crippen molar-refractivity contribution >= 4 is 17.9 Å². The molecule has 0 spiro atoms. The van der Waals surface area contributed by atoms with E-state index in [0.29, 0.717) is 19.3 Å². The highest BCUT2D eigenvalue weighted by atomic mass is 16.6. The van der Waals surface area contributed by atoms with Crippen LogP contribution in [0, 0.1) is 0 Å². The lowest BCUT2D eigenvalue weighted by Gasteiger charge is -2.31. The Morgan fingerprint density at radius 2 is 0.951 bits per heavy atom. The molecule has 0 radical (unpaired) electrons. The fourth-order valence-electron chi connectivity index (χ4n) is 6.45. The van der Waals surface area contributed by atoms with Gasteiger partial charge in [0, 0.05) is 19.3 Å². The summed E-state index contributed by atoms with van der Waals surface area (Å²) in [6, 6.07) is -0.626. The Hall–Kier alpha value is -3.75. The van der Waals surface area contributed by atoms with E-state index in [4.69, 9.17) is 14.2 Å². The number of rotatable bonds is 41. The van der Waals surface area contributed by atoms with Gasteiger partial charge in [-0.2, -0.15) is 0 Å². The summed E-state index contributed by atoms with van der Waals surface area (Å²) >= 11 is 0. The number of aliphatic carboxylic acids is 1. The first-order valence-corrected chi connectivity index (χ1v) is 23.8. The van der Waals surface area contributed by atoms with Crippen LogP contribution in [0.25, 0.3) is 0 Å². The number of carboxylic acid groups (broad SMARTS) is 1. The van der Waals surface area contributed by atoms with Gasteiger partial charge in [-0.1, -0.05) is 175 Å². The van der Waals surface area contributed by atoms with Crippen molar-refractivity contribution in [1.82, 2.24) is 0 Å². The Morgan fingerprint density at radius 1 is 0.508 bits per heavy atom. The maximum absolute atomic E-state index is 12.7. The van der Waals surface area contributed by atoms with Crippen LogP contribution in [-0.4, -0.2) is 80.6 Å². The third kappa shape index (κ3) is 41.4. The van der Waals surface area contributed by atoms with Gasteiger partial charge in [-0.05, 0) is 70.6 Å².